The fourth-order valence-electron chi connectivity index (χ4n) is 3.12. The van der Waals surface area contributed by atoms with E-state index in [1.807, 2.05) is 0 Å². The van der Waals surface area contributed by atoms with Crippen LogP contribution in [-0.4, -0.2) is 39.4 Å². The average molecular weight is 333 g/mol. The molecule has 1 aromatic carbocycles. The van der Waals surface area contributed by atoms with Crippen LogP contribution in [0.3, 0.4) is 0 Å². The van der Waals surface area contributed by atoms with E-state index in [2.05, 4.69) is 34.5 Å². The maximum absolute atomic E-state index is 5.42. The molecular formula is C16H26Cl2N2O. The van der Waals surface area contributed by atoms with Crippen LogP contribution in [0.15, 0.2) is 24.3 Å². The number of benzene rings is 1. The molecule has 2 saturated heterocycles. The minimum Gasteiger partial charge on any atom is -0.378 e. The highest BCUT2D eigenvalue weighted by Crippen LogP contribution is 2.22. The Labute approximate surface area is 140 Å². The fraction of sp³-hybridized carbons (Fsp3) is 0.625. The zero-order valence-electron chi connectivity index (χ0n) is 12.4. The summed E-state index contributed by atoms with van der Waals surface area (Å²) >= 11 is 0. The Morgan fingerprint density at radius 3 is 2.52 bits per heavy atom. The zero-order chi connectivity index (χ0) is 12.9. The second-order valence-electron chi connectivity index (χ2n) is 5.67. The molecule has 0 spiro atoms. The van der Waals surface area contributed by atoms with Gasteiger partial charge in [-0.15, -0.1) is 24.8 Å². The summed E-state index contributed by atoms with van der Waals surface area (Å²) in [4.78, 5) is 2.44. The van der Waals surface area contributed by atoms with Gasteiger partial charge in [-0.2, -0.15) is 0 Å². The lowest BCUT2D eigenvalue weighted by Crippen LogP contribution is -2.36. The molecule has 3 nitrogen and oxygen atoms in total. The average Bonchev–Trinajstić information content (AvgIpc) is 2.49. The van der Waals surface area contributed by atoms with Crippen molar-refractivity contribution in [3.8, 4) is 0 Å². The van der Waals surface area contributed by atoms with Gasteiger partial charge in [-0.1, -0.05) is 12.1 Å². The lowest BCUT2D eigenvalue weighted by atomic mass is 9.91. The standard InChI is InChI=1S/C16H24N2O.2ClH/c1-2-15(12-14-4-6-17-7-5-14)13-16(3-1)18-8-10-19-11-9-18;;/h1-3,13-14,17H,4-12H2;2*1H. The van der Waals surface area contributed by atoms with Crippen molar-refractivity contribution in [2.24, 2.45) is 5.92 Å². The number of halogens is 2. The van der Waals surface area contributed by atoms with Crippen LogP contribution < -0.4 is 10.2 Å². The second kappa shape index (κ2) is 9.52. The molecule has 2 fully saturated rings. The molecule has 0 bridgehead atoms. The quantitative estimate of drug-likeness (QED) is 0.921. The van der Waals surface area contributed by atoms with Crippen molar-refractivity contribution in [3.05, 3.63) is 29.8 Å². The van der Waals surface area contributed by atoms with Crippen LogP contribution in [0.4, 0.5) is 5.69 Å². The number of morpholine rings is 1. The Morgan fingerprint density at radius 1 is 1.10 bits per heavy atom. The summed E-state index contributed by atoms with van der Waals surface area (Å²) in [5.41, 5.74) is 2.87. The molecule has 0 radical (unpaired) electrons. The highest BCUT2D eigenvalue weighted by molar-refractivity contribution is 5.85. The molecule has 0 unspecified atom stereocenters. The van der Waals surface area contributed by atoms with E-state index in [-0.39, 0.29) is 24.8 Å². The first-order chi connectivity index (χ1) is 9.42. The van der Waals surface area contributed by atoms with Gasteiger partial charge in [0.2, 0.25) is 0 Å². The number of hydrogen-bond acceptors (Lipinski definition) is 3. The van der Waals surface area contributed by atoms with Gasteiger partial charge >= 0.3 is 0 Å². The number of ether oxygens (including phenoxy) is 1. The lowest BCUT2D eigenvalue weighted by Gasteiger charge is -2.29. The SMILES string of the molecule is Cl.Cl.c1cc(CC2CCNCC2)cc(N2CCOCC2)c1. The molecule has 120 valence electrons. The van der Waals surface area contributed by atoms with Crippen LogP contribution >= 0.6 is 24.8 Å². The number of rotatable bonds is 3. The zero-order valence-corrected chi connectivity index (χ0v) is 14.1. The molecule has 21 heavy (non-hydrogen) atoms. The van der Waals surface area contributed by atoms with E-state index in [1.165, 1.54) is 43.6 Å². The first kappa shape index (κ1) is 18.6. The Bertz CT molecular complexity index is 405. The minimum atomic E-state index is 0. The third kappa shape index (κ3) is 5.33. The lowest BCUT2D eigenvalue weighted by molar-refractivity contribution is 0.122. The van der Waals surface area contributed by atoms with Gasteiger partial charge in [0.15, 0.2) is 0 Å². The molecule has 0 amide bonds. The predicted octanol–water partition coefficient (Wildman–Crippen LogP) is 2.91. The highest BCUT2D eigenvalue weighted by Gasteiger charge is 2.15. The van der Waals surface area contributed by atoms with Gasteiger partial charge in [0, 0.05) is 18.8 Å². The summed E-state index contributed by atoms with van der Waals surface area (Å²) in [6.07, 6.45) is 3.88. The van der Waals surface area contributed by atoms with Gasteiger partial charge in [-0.3, -0.25) is 0 Å². The summed E-state index contributed by atoms with van der Waals surface area (Å²) in [6.45, 7) is 6.15. The van der Waals surface area contributed by atoms with Gasteiger partial charge in [-0.05, 0) is 56.0 Å². The Morgan fingerprint density at radius 2 is 1.81 bits per heavy atom. The molecule has 0 atom stereocenters. The third-order valence-corrected chi connectivity index (χ3v) is 4.27. The summed E-state index contributed by atoms with van der Waals surface area (Å²) in [5.74, 6) is 0.862. The fourth-order valence-corrected chi connectivity index (χ4v) is 3.12. The van der Waals surface area contributed by atoms with Crippen LogP contribution in [0.2, 0.25) is 0 Å². The van der Waals surface area contributed by atoms with Crippen molar-refractivity contribution in [3.63, 3.8) is 0 Å². The molecule has 1 aromatic rings. The van der Waals surface area contributed by atoms with Crippen LogP contribution in [0.25, 0.3) is 0 Å². The van der Waals surface area contributed by atoms with Crippen molar-refractivity contribution in [1.29, 1.82) is 0 Å². The van der Waals surface area contributed by atoms with Crippen LogP contribution in [0.1, 0.15) is 18.4 Å². The summed E-state index contributed by atoms with van der Waals surface area (Å²) < 4.78 is 5.42. The number of piperidine rings is 1. The number of nitrogens with zero attached hydrogens (tertiary/aromatic N) is 1. The molecule has 0 aromatic heterocycles. The Balaban J connectivity index is 0.00000110. The normalized spacial score (nSPS) is 19.5. The van der Waals surface area contributed by atoms with Crippen LogP contribution in [0, 0.1) is 5.92 Å². The monoisotopic (exact) mass is 332 g/mol. The molecule has 2 heterocycles. The van der Waals surface area contributed by atoms with Crippen molar-refractivity contribution >= 4 is 30.5 Å². The maximum Gasteiger partial charge on any atom is 0.0642 e. The summed E-state index contributed by atoms with van der Waals surface area (Å²) in [7, 11) is 0. The highest BCUT2D eigenvalue weighted by atomic mass is 35.5. The molecular weight excluding hydrogens is 307 g/mol. The largest absolute Gasteiger partial charge is 0.378 e. The van der Waals surface area contributed by atoms with E-state index in [0.29, 0.717) is 0 Å². The first-order valence-electron chi connectivity index (χ1n) is 7.54. The minimum absolute atomic E-state index is 0. The predicted molar refractivity (Wildman–Crippen MR) is 93.3 cm³/mol. The molecule has 1 N–H and O–H groups in total. The number of nitrogens with one attached hydrogen (secondary N) is 1. The molecule has 3 rings (SSSR count). The summed E-state index contributed by atoms with van der Waals surface area (Å²) in [5, 5.41) is 3.44. The van der Waals surface area contributed by atoms with E-state index in [9.17, 15) is 0 Å². The third-order valence-electron chi connectivity index (χ3n) is 4.27. The smallest absolute Gasteiger partial charge is 0.0642 e. The van der Waals surface area contributed by atoms with Gasteiger partial charge in [0.1, 0.15) is 0 Å². The van der Waals surface area contributed by atoms with E-state index >= 15 is 0 Å². The van der Waals surface area contributed by atoms with Crippen molar-refractivity contribution < 1.29 is 4.74 Å². The van der Waals surface area contributed by atoms with Crippen molar-refractivity contribution in [2.75, 3.05) is 44.3 Å². The first-order valence-corrected chi connectivity index (χ1v) is 7.54. The van der Waals surface area contributed by atoms with Gasteiger partial charge in [0.05, 0.1) is 13.2 Å². The van der Waals surface area contributed by atoms with E-state index in [1.54, 1.807) is 0 Å². The summed E-state index contributed by atoms with van der Waals surface area (Å²) in [6, 6.07) is 9.11. The number of hydrogen-bond donors (Lipinski definition) is 1. The molecule has 0 aliphatic carbocycles. The van der Waals surface area contributed by atoms with Gasteiger partial charge in [0.25, 0.3) is 0 Å². The van der Waals surface area contributed by atoms with E-state index in [4.69, 9.17) is 4.74 Å². The maximum atomic E-state index is 5.42. The van der Waals surface area contributed by atoms with Crippen LogP contribution in [0.5, 0.6) is 0 Å². The molecule has 2 aliphatic rings. The molecule has 0 saturated carbocycles. The van der Waals surface area contributed by atoms with Crippen molar-refractivity contribution in [1.82, 2.24) is 5.32 Å². The van der Waals surface area contributed by atoms with E-state index in [0.717, 1.165) is 32.2 Å². The van der Waals surface area contributed by atoms with E-state index < -0.39 is 0 Å². The number of anilines is 1. The molecule has 2 aliphatic heterocycles. The topological polar surface area (TPSA) is 24.5 Å². The molecule has 5 heteroatoms. The Kier molecular flexibility index (Phi) is 8.42. The van der Waals surface area contributed by atoms with Crippen LogP contribution in [-0.2, 0) is 11.2 Å². The second-order valence-corrected chi connectivity index (χ2v) is 5.67. The van der Waals surface area contributed by atoms with Crippen molar-refractivity contribution in [2.45, 2.75) is 19.3 Å². The Hall–Kier alpha value is -0.480. The van der Waals surface area contributed by atoms with Gasteiger partial charge < -0.3 is 15.0 Å². The van der Waals surface area contributed by atoms with Gasteiger partial charge in [-0.25, -0.2) is 0 Å².